The number of hydrogen-bond acceptors (Lipinski definition) is 0. The van der Waals surface area contributed by atoms with E-state index in [1.807, 2.05) is 0 Å². The van der Waals surface area contributed by atoms with Crippen molar-refractivity contribution in [2.45, 2.75) is 17.1 Å². The number of rotatable bonds is 1. The third-order valence-electron chi connectivity index (χ3n) is 0.321. The monoisotopic (exact) mass is 274 g/mol. The predicted octanol–water partition coefficient (Wildman–Crippen LogP) is 3.60. The SMILES string of the molecule is C.FC(F)(Br)C(F)(F)Br. The van der Waals surface area contributed by atoms with Crippen molar-refractivity contribution >= 4 is 31.9 Å². The van der Waals surface area contributed by atoms with Crippen LogP contribution in [0.15, 0.2) is 0 Å². The summed E-state index contributed by atoms with van der Waals surface area (Å²) < 4.78 is 45.4. The summed E-state index contributed by atoms with van der Waals surface area (Å²) in [6.07, 6.45) is 0. The van der Waals surface area contributed by atoms with E-state index in [4.69, 9.17) is 0 Å². The largest absolute Gasteiger partial charge is 0.373 e. The third kappa shape index (κ3) is 4.13. The van der Waals surface area contributed by atoms with Gasteiger partial charge in [0.15, 0.2) is 0 Å². The molecule has 0 aromatic heterocycles. The first kappa shape index (κ1) is 12.4. The van der Waals surface area contributed by atoms with Gasteiger partial charge in [-0.2, -0.15) is 17.6 Å². The second-order valence-electron chi connectivity index (χ2n) is 0.996. The average molecular weight is 276 g/mol. The molecule has 0 N–H and O–H groups in total. The Labute approximate surface area is 66.9 Å². The molecule has 58 valence electrons. The highest BCUT2D eigenvalue weighted by Gasteiger charge is 2.52. The van der Waals surface area contributed by atoms with Crippen LogP contribution in [-0.2, 0) is 0 Å². The van der Waals surface area contributed by atoms with Gasteiger partial charge in [0.05, 0.1) is 0 Å². The Kier molecular flexibility index (Phi) is 4.37. The van der Waals surface area contributed by atoms with E-state index in [2.05, 4.69) is 0 Å². The minimum atomic E-state index is -4.17. The molecule has 0 bridgehead atoms. The highest BCUT2D eigenvalue weighted by Crippen LogP contribution is 2.43. The lowest BCUT2D eigenvalue weighted by atomic mass is 10.8. The van der Waals surface area contributed by atoms with Crippen LogP contribution in [0.2, 0.25) is 0 Å². The van der Waals surface area contributed by atoms with E-state index < -0.39 is 9.66 Å². The van der Waals surface area contributed by atoms with E-state index in [0.717, 1.165) is 0 Å². The lowest BCUT2D eigenvalue weighted by Gasteiger charge is -2.13. The smallest absolute Gasteiger partial charge is 0.186 e. The number of alkyl halides is 6. The van der Waals surface area contributed by atoms with Gasteiger partial charge in [0.2, 0.25) is 0 Å². The topological polar surface area (TPSA) is 0 Å². The zero-order valence-electron chi connectivity index (χ0n) is 3.27. The molecule has 0 nitrogen and oxygen atoms in total. The van der Waals surface area contributed by atoms with Crippen molar-refractivity contribution in [2.75, 3.05) is 0 Å². The van der Waals surface area contributed by atoms with Gasteiger partial charge in [0.25, 0.3) is 0 Å². The molecule has 0 saturated heterocycles. The average Bonchev–Trinajstić information content (AvgIpc) is 1.25. The first-order chi connectivity index (χ1) is 3.25. The van der Waals surface area contributed by atoms with Crippen LogP contribution in [0, 0.1) is 0 Å². The van der Waals surface area contributed by atoms with E-state index in [1.54, 1.807) is 0 Å². The van der Waals surface area contributed by atoms with Crippen LogP contribution in [-0.4, -0.2) is 9.66 Å². The second kappa shape index (κ2) is 3.18. The molecule has 0 rings (SSSR count). The van der Waals surface area contributed by atoms with Gasteiger partial charge in [-0.3, -0.25) is 0 Å². The highest BCUT2D eigenvalue weighted by molar-refractivity contribution is 9.12. The quantitative estimate of drug-likeness (QED) is 0.507. The van der Waals surface area contributed by atoms with Gasteiger partial charge in [-0.15, -0.1) is 0 Å². The van der Waals surface area contributed by atoms with Crippen LogP contribution in [0.3, 0.4) is 0 Å². The van der Waals surface area contributed by atoms with Crippen molar-refractivity contribution in [1.82, 2.24) is 0 Å². The molecule has 0 amide bonds. The molecular formula is C3H4Br2F4. The van der Waals surface area contributed by atoms with Crippen LogP contribution in [0.5, 0.6) is 0 Å². The van der Waals surface area contributed by atoms with Gasteiger partial charge in [0.1, 0.15) is 0 Å². The molecule has 0 aliphatic rings. The molecule has 0 saturated carbocycles. The molecule has 0 spiro atoms. The maximum absolute atomic E-state index is 11.3. The summed E-state index contributed by atoms with van der Waals surface area (Å²) in [7, 11) is 0. The molecule has 0 heterocycles. The summed E-state index contributed by atoms with van der Waals surface area (Å²) in [5.41, 5.74) is 0. The molecule has 0 atom stereocenters. The summed E-state index contributed by atoms with van der Waals surface area (Å²) >= 11 is 2.94. The van der Waals surface area contributed by atoms with Crippen molar-refractivity contribution in [2.24, 2.45) is 0 Å². The van der Waals surface area contributed by atoms with Crippen molar-refractivity contribution in [3.05, 3.63) is 0 Å². The molecule has 9 heavy (non-hydrogen) atoms. The molecule has 0 aromatic carbocycles. The molecule has 6 heteroatoms. The summed E-state index contributed by atoms with van der Waals surface area (Å²) in [5.74, 6) is 0. The maximum atomic E-state index is 11.3. The fraction of sp³-hybridized carbons (Fsp3) is 1.00. The highest BCUT2D eigenvalue weighted by atomic mass is 79.9. The van der Waals surface area contributed by atoms with Gasteiger partial charge >= 0.3 is 9.66 Å². The summed E-state index contributed by atoms with van der Waals surface area (Å²) in [6.45, 7) is 0. The van der Waals surface area contributed by atoms with Crippen molar-refractivity contribution in [3.63, 3.8) is 0 Å². The van der Waals surface area contributed by atoms with E-state index >= 15 is 0 Å². The Hall–Kier alpha value is 0.680. The molecule has 0 aliphatic carbocycles. The zero-order valence-corrected chi connectivity index (χ0v) is 6.44. The number of halogens is 6. The van der Waals surface area contributed by atoms with Gasteiger partial charge < -0.3 is 0 Å². The normalized spacial score (nSPS) is 12.7. The summed E-state index contributed by atoms with van der Waals surface area (Å²) in [6, 6.07) is 0. The maximum Gasteiger partial charge on any atom is 0.373 e. The van der Waals surface area contributed by atoms with E-state index in [9.17, 15) is 17.6 Å². The minimum absolute atomic E-state index is 0. The fourth-order valence-electron chi connectivity index (χ4n) is 0. The van der Waals surface area contributed by atoms with Crippen LogP contribution >= 0.6 is 31.9 Å². The van der Waals surface area contributed by atoms with Crippen LogP contribution in [0.25, 0.3) is 0 Å². The standard InChI is InChI=1S/C2Br2F4.CH4/c3-1(5,6)2(4,7)8;/h;1H4. The Balaban J connectivity index is 0. The van der Waals surface area contributed by atoms with E-state index in [1.165, 1.54) is 31.9 Å². The fourth-order valence-corrected chi connectivity index (χ4v) is 0. The van der Waals surface area contributed by atoms with E-state index in [-0.39, 0.29) is 7.43 Å². The molecular weight excluding hydrogens is 272 g/mol. The number of hydrogen-bond donors (Lipinski definition) is 0. The molecule has 0 fully saturated rings. The van der Waals surface area contributed by atoms with Gasteiger partial charge in [0, 0.05) is 0 Å². The van der Waals surface area contributed by atoms with Crippen LogP contribution in [0.1, 0.15) is 7.43 Å². The first-order valence-corrected chi connectivity index (χ1v) is 2.97. The summed E-state index contributed by atoms with van der Waals surface area (Å²) in [5, 5.41) is 0. The summed E-state index contributed by atoms with van der Waals surface area (Å²) in [4.78, 5) is -8.33. The van der Waals surface area contributed by atoms with Gasteiger partial charge in [-0.1, -0.05) is 7.43 Å². The molecule has 0 aromatic rings. The van der Waals surface area contributed by atoms with Crippen LogP contribution < -0.4 is 0 Å². The molecule has 0 unspecified atom stereocenters. The zero-order chi connectivity index (χ0) is 7.00. The van der Waals surface area contributed by atoms with E-state index in [0.29, 0.717) is 0 Å². The second-order valence-corrected chi connectivity index (χ2v) is 2.99. The Bertz CT molecular complexity index is 68.8. The predicted molar refractivity (Wildman–Crippen MR) is 34.5 cm³/mol. The minimum Gasteiger partial charge on any atom is -0.186 e. The van der Waals surface area contributed by atoms with Crippen LogP contribution in [0.4, 0.5) is 17.6 Å². The molecule has 0 radical (unpaired) electrons. The van der Waals surface area contributed by atoms with Crippen molar-refractivity contribution in [3.8, 4) is 0 Å². The Morgan fingerprint density at radius 1 is 0.778 bits per heavy atom. The van der Waals surface area contributed by atoms with Gasteiger partial charge in [-0.25, -0.2) is 0 Å². The third-order valence-corrected chi connectivity index (χ3v) is 1.85. The van der Waals surface area contributed by atoms with Crippen molar-refractivity contribution in [1.29, 1.82) is 0 Å². The van der Waals surface area contributed by atoms with Crippen molar-refractivity contribution < 1.29 is 17.6 Å². The Morgan fingerprint density at radius 3 is 0.889 bits per heavy atom. The lowest BCUT2D eigenvalue weighted by Crippen LogP contribution is -2.27. The van der Waals surface area contributed by atoms with Gasteiger partial charge in [-0.05, 0) is 31.9 Å². The lowest BCUT2D eigenvalue weighted by molar-refractivity contribution is -0.0724. The molecule has 0 aliphatic heterocycles. The first-order valence-electron chi connectivity index (χ1n) is 1.38. The Morgan fingerprint density at radius 2 is 0.889 bits per heavy atom.